The van der Waals surface area contributed by atoms with E-state index in [1.807, 2.05) is 0 Å². The molecule has 0 spiro atoms. The van der Waals surface area contributed by atoms with Gasteiger partial charge < -0.3 is 4.42 Å². The summed E-state index contributed by atoms with van der Waals surface area (Å²) in [5, 5.41) is 8.57. The van der Waals surface area contributed by atoms with Crippen LogP contribution in [0.1, 0.15) is 11.5 Å². The van der Waals surface area contributed by atoms with Crippen molar-refractivity contribution in [3.8, 4) is 11.5 Å². The van der Waals surface area contributed by atoms with Crippen LogP contribution in [0.2, 0.25) is 10.0 Å². The Morgan fingerprint density at radius 2 is 1.80 bits per heavy atom. The summed E-state index contributed by atoms with van der Waals surface area (Å²) < 4.78 is 43.3. The number of rotatable bonds is 4. The van der Waals surface area contributed by atoms with Crippen molar-refractivity contribution in [1.82, 2.24) is 15.2 Å². The summed E-state index contributed by atoms with van der Waals surface area (Å²) in [7, 11) is 0. The predicted molar refractivity (Wildman–Crippen MR) is 88.6 cm³/mol. The molecule has 0 aliphatic heterocycles. The van der Waals surface area contributed by atoms with Gasteiger partial charge in [-0.05, 0) is 30.3 Å². The summed E-state index contributed by atoms with van der Waals surface area (Å²) in [6, 6.07) is 7.70. The van der Waals surface area contributed by atoms with E-state index in [0.717, 1.165) is 24.0 Å². The van der Waals surface area contributed by atoms with E-state index in [2.05, 4.69) is 15.2 Å². The Hall–Kier alpha value is -1.77. The molecule has 3 rings (SSSR count). The van der Waals surface area contributed by atoms with E-state index in [0.29, 0.717) is 22.4 Å². The Morgan fingerprint density at radius 3 is 2.44 bits per heavy atom. The molecule has 2 aromatic heterocycles. The molecule has 2 heterocycles. The maximum Gasteiger partial charge on any atom is 0.417 e. The number of hydrogen-bond acceptors (Lipinski definition) is 5. The van der Waals surface area contributed by atoms with Crippen LogP contribution >= 0.6 is 35.0 Å². The number of pyridine rings is 1. The number of benzene rings is 1. The van der Waals surface area contributed by atoms with Crippen LogP contribution in [0, 0.1) is 0 Å². The fourth-order valence-corrected chi connectivity index (χ4v) is 2.99. The highest BCUT2D eigenvalue weighted by Gasteiger charge is 2.31. The Kier molecular flexibility index (Phi) is 5.21. The van der Waals surface area contributed by atoms with Crippen molar-refractivity contribution in [2.24, 2.45) is 0 Å². The van der Waals surface area contributed by atoms with Crippen LogP contribution < -0.4 is 0 Å². The van der Waals surface area contributed by atoms with Crippen molar-refractivity contribution in [2.75, 3.05) is 0 Å². The van der Waals surface area contributed by atoms with Crippen LogP contribution in [-0.2, 0) is 11.9 Å². The molecule has 10 heteroatoms. The summed E-state index contributed by atoms with van der Waals surface area (Å²) in [6.45, 7) is 0. The van der Waals surface area contributed by atoms with Gasteiger partial charge >= 0.3 is 6.18 Å². The van der Waals surface area contributed by atoms with Gasteiger partial charge in [0.2, 0.25) is 11.8 Å². The van der Waals surface area contributed by atoms with Crippen molar-refractivity contribution in [3.63, 3.8) is 0 Å². The highest BCUT2D eigenvalue weighted by Crippen LogP contribution is 2.34. The summed E-state index contributed by atoms with van der Waals surface area (Å²) in [5.41, 5.74) is -0.191. The molecule has 0 amide bonds. The first-order valence-corrected chi connectivity index (χ1v) is 8.51. The van der Waals surface area contributed by atoms with Gasteiger partial charge in [0.25, 0.3) is 0 Å². The van der Waals surface area contributed by atoms with E-state index in [-0.39, 0.29) is 15.8 Å². The van der Waals surface area contributed by atoms with Crippen LogP contribution in [-0.4, -0.2) is 15.2 Å². The summed E-state index contributed by atoms with van der Waals surface area (Å²) in [5.74, 6) is 0.838. The second-order valence-corrected chi connectivity index (χ2v) is 6.61. The van der Waals surface area contributed by atoms with Gasteiger partial charge in [-0.2, -0.15) is 13.2 Å². The minimum atomic E-state index is -4.49. The third-order valence-electron chi connectivity index (χ3n) is 3.03. The Balaban J connectivity index is 1.69. The zero-order valence-electron chi connectivity index (χ0n) is 12.2. The topological polar surface area (TPSA) is 51.8 Å². The Labute approximate surface area is 154 Å². The van der Waals surface area contributed by atoms with Gasteiger partial charge in [-0.3, -0.25) is 0 Å². The van der Waals surface area contributed by atoms with Gasteiger partial charge in [-0.1, -0.05) is 35.0 Å². The minimum absolute atomic E-state index is 0.0859. The number of aromatic nitrogens is 3. The normalized spacial score (nSPS) is 11.7. The second-order valence-electron chi connectivity index (χ2n) is 4.81. The molecule has 130 valence electrons. The maximum atomic E-state index is 12.6. The highest BCUT2D eigenvalue weighted by atomic mass is 35.5. The molecule has 0 saturated carbocycles. The summed E-state index contributed by atoms with van der Waals surface area (Å²) in [4.78, 5) is 3.74. The highest BCUT2D eigenvalue weighted by molar-refractivity contribution is 7.98. The summed E-state index contributed by atoms with van der Waals surface area (Å²) in [6.07, 6.45) is -3.75. The van der Waals surface area contributed by atoms with E-state index >= 15 is 0 Å². The molecule has 0 radical (unpaired) electrons. The molecule has 0 N–H and O–H groups in total. The molecule has 0 atom stereocenters. The number of nitrogens with zero attached hydrogens (tertiary/aromatic N) is 3. The molecule has 0 bridgehead atoms. The molecule has 1 aromatic carbocycles. The third kappa shape index (κ3) is 4.45. The number of thioether (sulfide) groups is 1. The van der Waals surface area contributed by atoms with Crippen LogP contribution in [0.25, 0.3) is 11.5 Å². The van der Waals surface area contributed by atoms with E-state index in [9.17, 15) is 13.2 Å². The molecule has 0 saturated heterocycles. The van der Waals surface area contributed by atoms with E-state index in [1.165, 1.54) is 0 Å². The van der Waals surface area contributed by atoms with Crippen LogP contribution in [0.5, 0.6) is 0 Å². The lowest BCUT2D eigenvalue weighted by Crippen LogP contribution is -2.05. The SMILES string of the molecule is FC(F)(F)c1cnc(SCc2nnc(-c3ccc(Cl)cc3)o2)c(Cl)c1. The molecular weight excluding hydrogens is 398 g/mol. The zero-order chi connectivity index (χ0) is 18.0. The predicted octanol–water partition coefficient (Wildman–Crippen LogP) is 5.75. The average Bonchev–Trinajstić information content (AvgIpc) is 3.02. The minimum Gasteiger partial charge on any atom is -0.420 e. The van der Waals surface area contributed by atoms with Crippen LogP contribution in [0.3, 0.4) is 0 Å². The fourth-order valence-electron chi connectivity index (χ4n) is 1.84. The van der Waals surface area contributed by atoms with E-state index in [1.54, 1.807) is 24.3 Å². The largest absolute Gasteiger partial charge is 0.420 e. The lowest BCUT2D eigenvalue weighted by Gasteiger charge is -2.08. The van der Waals surface area contributed by atoms with Gasteiger partial charge in [-0.25, -0.2) is 4.98 Å². The van der Waals surface area contributed by atoms with Crippen molar-refractivity contribution in [2.45, 2.75) is 17.0 Å². The molecule has 0 fully saturated rings. The van der Waals surface area contributed by atoms with E-state index < -0.39 is 11.7 Å². The maximum absolute atomic E-state index is 12.6. The Morgan fingerprint density at radius 1 is 1.08 bits per heavy atom. The van der Waals surface area contributed by atoms with Crippen molar-refractivity contribution in [1.29, 1.82) is 0 Å². The molecule has 0 unspecified atom stereocenters. The molecule has 4 nitrogen and oxygen atoms in total. The quantitative estimate of drug-likeness (QED) is 0.517. The monoisotopic (exact) mass is 405 g/mol. The second kappa shape index (κ2) is 7.23. The smallest absolute Gasteiger partial charge is 0.417 e. The molecule has 3 aromatic rings. The first-order valence-electron chi connectivity index (χ1n) is 6.77. The van der Waals surface area contributed by atoms with Gasteiger partial charge in [0, 0.05) is 16.8 Å². The molecule has 25 heavy (non-hydrogen) atoms. The summed E-state index contributed by atoms with van der Waals surface area (Å²) >= 11 is 12.8. The van der Waals surface area contributed by atoms with Gasteiger partial charge in [0.1, 0.15) is 5.03 Å². The Bertz CT molecular complexity index is 884. The average molecular weight is 406 g/mol. The van der Waals surface area contributed by atoms with E-state index in [4.69, 9.17) is 27.6 Å². The first-order chi connectivity index (χ1) is 11.8. The van der Waals surface area contributed by atoms with Gasteiger partial charge in [-0.15, -0.1) is 10.2 Å². The van der Waals surface area contributed by atoms with Crippen molar-refractivity contribution >= 4 is 35.0 Å². The van der Waals surface area contributed by atoms with Crippen LogP contribution in [0.4, 0.5) is 13.2 Å². The molecule has 0 aliphatic carbocycles. The molecule has 0 aliphatic rings. The number of halogens is 5. The van der Waals surface area contributed by atoms with Gasteiger partial charge in [0.15, 0.2) is 0 Å². The lowest BCUT2D eigenvalue weighted by molar-refractivity contribution is -0.137. The zero-order valence-corrected chi connectivity index (χ0v) is 14.5. The van der Waals surface area contributed by atoms with Crippen molar-refractivity contribution in [3.05, 3.63) is 58.0 Å². The number of alkyl halides is 3. The molecular formula is C15H8Cl2F3N3OS. The van der Waals surface area contributed by atoms with Crippen LogP contribution in [0.15, 0.2) is 46.0 Å². The van der Waals surface area contributed by atoms with Gasteiger partial charge in [0.05, 0.1) is 16.3 Å². The third-order valence-corrected chi connectivity index (χ3v) is 4.67. The number of hydrogen-bond donors (Lipinski definition) is 0. The first kappa shape index (κ1) is 18.0. The standard InChI is InChI=1S/C15H8Cl2F3N3OS/c16-10-3-1-8(2-4-10)13-23-22-12(24-13)7-25-14-11(17)5-9(6-21-14)15(18,19)20/h1-6H,7H2. The van der Waals surface area contributed by atoms with Crippen molar-refractivity contribution < 1.29 is 17.6 Å². The fraction of sp³-hybridized carbons (Fsp3) is 0.133. The lowest BCUT2D eigenvalue weighted by atomic mass is 10.2.